The Morgan fingerprint density at radius 2 is 2.11 bits per heavy atom. The molecule has 0 saturated heterocycles. The summed E-state index contributed by atoms with van der Waals surface area (Å²) < 4.78 is 13.4. The topological polar surface area (TPSA) is 69.6 Å². The smallest absolute Gasteiger partial charge is 0.338 e. The zero-order chi connectivity index (χ0) is 13.9. The van der Waals surface area contributed by atoms with Crippen molar-refractivity contribution in [3.05, 3.63) is 35.1 Å². The monoisotopic (exact) mass is 255 g/mol. The Labute approximate surface area is 105 Å². The van der Waals surface area contributed by atoms with Crippen LogP contribution in [0.15, 0.2) is 18.2 Å². The molecular weight excluding hydrogens is 237 g/mol. The van der Waals surface area contributed by atoms with Crippen LogP contribution in [-0.2, 0) is 6.54 Å². The van der Waals surface area contributed by atoms with Crippen LogP contribution >= 0.6 is 0 Å². The molecule has 1 rings (SSSR count). The molecule has 0 aliphatic carbocycles. The lowest BCUT2D eigenvalue weighted by Gasteiger charge is -2.29. The Hall–Kier alpha value is -1.46. The molecule has 0 spiro atoms. The number of hydrogen-bond donors (Lipinski definition) is 3. The highest BCUT2D eigenvalue weighted by Gasteiger charge is 2.23. The van der Waals surface area contributed by atoms with E-state index in [1.54, 1.807) is 13.0 Å². The maximum atomic E-state index is 13.4. The van der Waals surface area contributed by atoms with E-state index in [0.29, 0.717) is 12.1 Å². The van der Waals surface area contributed by atoms with Crippen molar-refractivity contribution in [2.75, 3.05) is 0 Å². The molecule has 0 radical (unpaired) electrons. The molecule has 1 aromatic rings. The van der Waals surface area contributed by atoms with Gasteiger partial charge in [-0.3, -0.25) is 0 Å². The first-order chi connectivity index (χ1) is 8.24. The summed E-state index contributed by atoms with van der Waals surface area (Å²) in [6.07, 6.45) is -0.555. The second-order valence-corrected chi connectivity index (χ2v) is 4.87. The normalized spacial score (nSPS) is 13.4. The van der Waals surface area contributed by atoms with E-state index in [-0.39, 0.29) is 5.56 Å². The largest absolute Gasteiger partial charge is 0.478 e. The fourth-order valence-electron chi connectivity index (χ4n) is 1.32. The fraction of sp³-hybridized carbons (Fsp3) is 0.462. The first-order valence-electron chi connectivity index (χ1n) is 5.69. The van der Waals surface area contributed by atoms with E-state index >= 15 is 0 Å². The molecule has 1 aromatic carbocycles. The minimum absolute atomic E-state index is 0.339. The number of carbonyl (C=O) groups is 1. The van der Waals surface area contributed by atoms with Gasteiger partial charge in [-0.2, -0.15) is 0 Å². The highest BCUT2D eigenvalue weighted by molar-refractivity contribution is 5.87. The lowest BCUT2D eigenvalue weighted by molar-refractivity contribution is 0.0692. The zero-order valence-electron chi connectivity index (χ0n) is 10.7. The third kappa shape index (κ3) is 3.51. The van der Waals surface area contributed by atoms with Gasteiger partial charge in [0.15, 0.2) is 0 Å². The van der Waals surface area contributed by atoms with E-state index in [1.807, 2.05) is 13.8 Å². The van der Waals surface area contributed by atoms with Crippen molar-refractivity contribution >= 4 is 5.97 Å². The number of benzene rings is 1. The van der Waals surface area contributed by atoms with Crippen molar-refractivity contribution in [3.63, 3.8) is 0 Å². The van der Waals surface area contributed by atoms with Crippen LogP contribution in [-0.4, -0.2) is 27.8 Å². The first-order valence-corrected chi connectivity index (χ1v) is 5.69. The summed E-state index contributed by atoms with van der Waals surface area (Å²) in [4.78, 5) is 10.7. The van der Waals surface area contributed by atoms with Crippen LogP contribution in [0.2, 0.25) is 0 Å². The van der Waals surface area contributed by atoms with Gasteiger partial charge >= 0.3 is 5.97 Å². The van der Waals surface area contributed by atoms with Gasteiger partial charge in [-0.15, -0.1) is 0 Å². The lowest BCUT2D eigenvalue weighted by Crippen LogP contribution is -2.47. The summed E-state index contributed by atoms with van der Waals surface area (Å²) in [6.45, 7) is 5.69. The molecule has 0 fully saturated rings. The van der Waals surface area contributed by atoms with Gasteiger partial charge in [-0.25, -0.2) is 9.18 Å². The van der Waals surface area contributed by atoms with Crippen molar-refractivity contribution in [1.29, 1.82) is 0 Å². The van der Waals surface area contributed by atoms with Crippen molar-refractivity contribution in [3.8, 4) is 0 Å². The second-order valence-electron chi connectivity index (χ2n) is 4.87. The van der Waals surface area contributed by atoms with E-state index in [4.69, 9.17) is 5.11 Å². The van der Waals surface area contributed by atoms with Crippen LogP contribution < -0.4 is 5.32 Å². The Balaban J connectivity index is 2.76. The predicted molar refractivity (Wildman–Crippen MR) is 66.0 cm³/mol. The van der Waals surface area contributed by atoms with Gasteiger partial charge in [0, 0.05) is 12.1 Å². The molecule has 5 heteroatoms. The number of rotatable bonds is 5. The zero-order valence-corrected chi connectivity index (χ0v) is 10.7. The molecule has 0 heterocycles. The Morgan fingerprint density at radius 3 is 2.56 bits per heavy atom. The summed E-state index contributed by atoms with van der Waals surface area (Å²) in [5.74, 6) is -2.03. The minimum Gasteiger partial charge on any atom is -0.478 e. The summed E-state index contributed by atoms with van der Waals surface area (Å²) in [5, 5.41) is 21.3. The molecule has 1 atom stereocenters. The number of aromatic carboxylic acids is 1. The van der Waals surface area contributed by atoms with Crippen molar-refractivity contribution in [1.82, 2.24) is 5.32 Å². The molecule has 3 N–H and O–H groups in total. The maximum absolute atomic E-state index is 13.4. The minimum atomic E-state index is -1.28. The van der Waals surface area contributed by atoms with Crippen LogP contribution in [0.5, 0.6) is 0 Å². The number of aliphatic hydroxyl groups is 1. The molecule has 0 aromatic heterocycles. The summed E-state index contributed by atoms with van der Waals surface area (Å²) in [7, 11) is 0. The Morgan fingerprint density at radius 1 is 1.50 bits per heavy atom. The SMILES string of the molecule is CC(O)C(C)(C)NCc1ccc(C(=O)O)c(F)c1. The van der Waals surface area contributed by atoms with Crippen LogP contribution in [0.1, 0.15) is 36.7 Å². The lowest BCUT2D eigenvalue weighted by atomic mass is 9.98. The summed E-state index contributed by atoms with van der Waals surface area (Å²) >= 11 is 0. The molecular formula is C13H18FNO3. The molecule has 0 amide bonds. The quantitative estimate of drug-likeness (QED) is 0.750. The van der Waals surface area contributed by atoms with Crippen molar-refractivity contribution < 1.29 is 19.4 Å². The number of hydrogen-bond acceptors (Lipinski definition) is 3. The van der Waals surface area contributed by atoms with E-state index in [2.05, 4.69) is 5.32 Å². The predicted octanol–water partition coefficient (Wildman–Crippen LogP) is 1.77. The summed E-state index contributed by atoms with van der Waals surface area (Å²) in [6, 6.07) is 3.98. The van der Waals surface area contributed by atoms with Gasteiger partial charge in [0.25, 0.3) is 0 Å². The third-order valence-corrected chi connectivity index (χ3v) is 3.06. The standard InChI is InChI=1S/C13H18FNO3/c1-8(16)13(2,3)15-7-9-4-5-10(12(17)18)11(14)6-9/h4-6,8,15-16H,7H2,1-3H3,(H,17,18). The average Bonchev–Trinajstić information content (AvgIpc) is 2.25. The van der Waals surface area contributed by atoms with Crippen molar-refractivity contribution in [2.24, 2.45) is 0 Å². The highest BCUT2D eigenvalue weighted by Crippen LogP contribution is 2.13. The van der Waals surface area contributed by atoms with Crippen molar-refractivity contribution in [2.45, 2.75) is 39.0 Å². The number of aliphatic hydroxyl groups excluding tert-OH is 1. The van der Waals surface area contributed by atoms with Gasteiger partial charge in [0.05, 0.1) is 11.7 Å². The van der Waals surface area contributed by atoms with Gasteiger partial charge in [-0.05, 0) is 38.5 Å². The van der Waals surface area contributed by atoms with E-state index < -0.39 is 23.4 Å². The number of nitrogens with one attached hydrogen (secondary N) is 1. The van der Waals surface area contributed by atoms with E-state index in [0.717, 1.165) is 0 Å². The van der Waals surface area contributed by atoms with Gasteiger partial charge in [0.2, 0.25) is 0 Å². The third-order valence-electron chi connectivity index (χ3n) is 3.06. The van der Waals surface area contributed by atoms with Crippen LogP contribution in [0.25, 0.3) is 0 Å². The van der Waals surface area contributed by atoms with E-state index in [9.17, 15) is 14.3 Å². The Kier molecular flexibility index (Phi) is 4.43. The number of halogens is 1. The number of carboxylic acid groups (broad SMARTS) is 1. The molecule has 100 valence electrons. The summed E-state index contributed by atoms with van der Waals surface area (Å²) in [5.41, 5.74) is -0.207. The molecule has 1 unspecified atom stereocenters. The molecule has 0 aliphatic heterocycles. The molecule has 0 aliphatic rings. The van der Waals surface area contributed by atoms with Gasteiger partial charge < -0.3 is 15.5 Å². The maximum Gasteiger partial charge on any atom is 0.338 e. The first kappa shape index (κ1) is 14.6. The molecule has 0 saturated carbocycles. The van der Waals surface area contributed by atoms with Gasteiger partial charge in [-0.1, -0.05) is 6.07 Å². The van der Waals surface area contributed by atoms with Crippen LogP contribution in [0.4, 0.5) is 4.39 Å². The van der Waals surface area contributed by atoms with Crippen LogP contribution in [0.3, 0.4) is 0 Å². The molecule has 18 heavy (non-hydrogen) atoms. The molecule has 0 bridgehead atoms. The van der Waals surface area contributed by atoms with Gasteiger partial charge in [0.1, 0.15) is 5.82 Å². The molecule has 4 nitrogen and oxygen atoms in total. The number of carboxylic acids is 1. The second kappa shape index (κ2) is 5.46. The average molecular weight is 255 g/mol. The van der Waals surface area contributed by atoms with Crippen LogP contribution in [0, 0.1) is 5.82 Å². The fourth-order valence-corrected chi connectivity index (χ4v) is 1.32. The Bertz CT molecular complexity index is 444. The van der Waals surface area contributed by atoms with E-state index in [1.165, 1.54) is 12.1 Å². The highest BCUT2D eigenvalue weighted by atomic mass is 19.1.